The Labute approximate surface area is 129 Å². The van der Waals surface area contributed by atoms with Crippen LogP contribution in [0.3, 0.4) is 0 Å². The average Bonchev–Trinajstić information content (AvgIpc) is 2.56. The molecule has 0 unspecified atom stereocenters. The maximum atomic E-state index is 14.6. The Bertz CT molecular complexity index is 742. The van der Waals surface area contributed by atoms with Crippen molar-refractivity contribution in [3.05, 3.63) is 95.6 Å². The third-order valence-corrected chi connectivity index (χ3v) is 3.77. The van der Waals surface area contributed by atoms with Gasteiger partial charge in [-0.15, -0.1) is 0 Å². The SMILES string of the molecule is Cc1ccc(C(F)(F)c2ccc(-c3ccccc3)cc2)cc1. The summed E-state index contributed by atoms with van der Waals surface area (Å²) < 4.78 is 29.1. The van der Waals surface area contributed by atoms with Crippen LogP contribution in [-0.2, 0) is 5.92 Å². The van der Waals surface area contributed by atoms with Crippen LogP contribution in [-0.4, -0.2) is 0 Å². The molecule has 0 saturated heterocycles. The molecule has 0 N–H and O–H groups in total. The molecule has 0 aliphatic rings. The van der Waals surface area contributed by atoms with Crippen molar-refractivity contribution in [1.29, 1.82) is 0 Å². The summed E-state index contributed by atoms with van der Waals surface area (Å²) >= 11 is 0. The van der Waals surface area contributed by atoms with E-state index in [0.717, 1.165) is 16.7 Å². The van der Waals surface area contributed by atoms with Gasteiger partial charge in [0.05, 0.1) is 0 Å². The van der Waals surface area contributed by atoms with Gasteiger partial charge in [-0.25, -0.2) is 0 Å². The fourth-order valence-electron chi connectivity index (χ4n) is 2.43. The Morgan fingerprint density at radius 2 is 1.05 bits per heavy atom. The second-order valence-electron chi connectivity index (χ2n) is 5.38. The third kappa shape index (κ3) is 2.77. The van der Waals surface area contributed by atoms with Crippen LogP contribution in [0.5, 0.6) is 0 Å². The lowest BCUT2D eigenvalue weighted by atomic mass is 9.97. The summed E-state index contributed by atoms with van der Waals surface area (Å²) in [5.74, 6) is -2.98. The Morgan fingerprint density at radius 1 is 0.591 bits per heavy atom. The number of benzene rings is 3. The van der Waals surface area contributed by atoms with Crippen LogP contribution in [0.4, 0.5) is 8.78 Å². The van der Waals surface area contributed by atoms with Gasteiger partial charge in [-0.3, -0.25) is 0 Å². The average molecular weight is 294 g/mol. The van der Waals surface area contributed by atoms with E-state index in [1.54, 1.807) is 24.3 Å². The van der Waals surface area contributed by atoms with Gasteiger partial charge in [0.2, 0.25) is 0 Å². The largest absolute Gasteiger partial charge is 0.298 e. The molecule has 0 amide bonds. The first-order valence-electron chi connectivity index (χ1n) is 7.18. The van der Waals surface area contributed by atoms with Gasteiger partial charge in [0, 0.05) is 11.1 Å². The summed E-state index contributed by atoms with van der Waals surface area (Å²) in [6, 6.07) is 22.6. The van der Waals surface area contributed by atoms with Crippen LogP contribution in [0.25, 0.3) is 11.1 Å². The van der Waals surface area contributed by atoms with E-state index in [2.05, 4.69) is 0 Å². The van der Waals surface area contributed by atoms with E-state index in [4.69, 9.17) is 0 Å². The molecule has 0 bridgehead atoms. The first-order chi connectivity index (χ1) is 10.6. The second-order valence-corrected chi connectivity index (χ2v) is 5.38. The van der Waals surface area contributed by atoms with E-state index in [1.807, 2.05) is 37.3 Å². The van der Waals surface area contributed by atoms with Crippen molar-refractivity contribution in [3.63, 3.8) is 0 Å². The molecule has 0 radical (unpaired) electrons. The maximum absolute atomic E-state index is 14.6. The predicted molar refractivity (Wildman–Crippen MR) is 86.1 cm³/mol. The van der Waals surface area contributed by atoms with Gasteiger partial charge < -0.3 is 0 Å². The van der Waals surface area contributed by atoms with Crippen LogP contribution in [0.15, 0.2) is 78.9 Å². The smallest absolute Gasteiger partial charge is 0.196 e. The summed E-state index contributed by atoms with van der Waals surface area (Å²) in [5.41, 5.74) is 2.96. The fraction of sp³-hybridized carbons (Fsp3) is 0.100. The van der Waals surface area contributed by atoms with E-state index in [9.17, 15) is 8.78 Å². The molecule has 2 heteroatoms. The van der Waals surface area contributed by atoms with Crippen molar-refractivity contribution in [3.8, 4) is 11.1 Å². The molecule has 110 valence electrons. The van der Waals surface area contributed by atoms with Gasteiger partial charge in [0.1, 0.15) is 0 Å². The van der Waals surface area contributed by atoms with Crippen molar-refractivity contribution >= 4 is 0 Å². The number of rotatable bonds is 3. The zero-order valence-electron chi connectivity index (χ0n) is 12.3. The normalized spacial score (nSPS) is 11.4. The topological polar surface area (TPSA) is 0 Å². The van der Waals surface area contributed by atoms with Gasteiger partial charge >= 0.3 is 0 Å². The lowest BCUT2D eigenvalue weighted by Crippen LogP contribution is -2.15. The lowest BCUT2D eigenvalue weighted by Gasteiger charge is -2.18. The van der Waals surface area contributed by atoms with Crippen molar-refractivity contribution in [2.45, 2.75) is 12.8 Å². The molecule has 0 spiro atoms. The van der Waals surface area contributed by atoms with Crippen LogP contribution in [0.2, 0.25) is 0 Å². The van der Waals surface area contributed by atoms with Gasteiger partial charge in [-0.05, 0) is 18.1 Å². The van der Waals surface area contributed by atoms with Gasteiger partial charge in [-0.2, -0.15) is 8.78 Å². The molecule has 3 aromatic carbocycles. The van der Waals surface area contributed by atoms with Crippen LogP contribution >= 0.6 is 0 Å². The molecular formula is C20H16F2. The zero-order chi connectivity index (χ0) is 15.6. The Hall–Kier alpha value is -2.48. The predicted octanol–water partition coefficient (Wildman–Crippen LogP) is 5.80. The molecular weight excluding hydrogens is 278 g/mol. The molecule has 22 heavy (non-hydrogen) atoms. The molecule has 0 aliphatic heterocycles. The van der Waals surface area contributed by atoms with Gasteiger partial charge in [-0.1, -0.05) is 84.4 Å². The quantitative estimate of drug-likeness (QED) is 0.572. The van der Waals surface area contributed by atoms with E-state index < -0.39 is 5.92 Å². The van der Waals surface area contributed by atoms with Crippen molar-refractivity contribution < 1.29 is 8.78 Å². The highest BCUT2D eigenvalue weighted by Gasteiger charge is 2.33. The highest BCUT2D eigenvalue weighted by atomic mass is 19.3. The lowest BCUT2D eigenvalue weighted by molar-refractivity contribution is 0.0428. The fourth-order valence-corrected chi connectivity index (χ4v) is 2.43. The molecule has 0 nitrogen and oxygen atoms in total. The molecule has 0 aromatic heterocycles. The Kier molecular flexibility index (Phi) is 3.76. The second kappa shape index (κ2) is 5.72. The van der Waals surface area contributed by atoms with Gasteiger partial charge in [0.25, 0.3) is 5.92 Å². The van der Waals surface area contributed by atoms with E-state index in [-0.39, 0.29) is 11.1 Å². The van der Waals surface area contributed by atoms with Crippen LogP contribution in [0.1, 0.15) is 16.7 Å². The van der Waals surface area contributed by atoms with Gasteiger partial charge in [0.15, 0.2) is 0 Å². The Morgan fingerprint density at radius 3 is 1.59 bits per heavy atom. The minimum Gasteiger partial charge on any atom is -0.196 e. The molecule has 0 heterocycles. The summed E-state index contributed by atoms with van der Waals surface area (Å²) in [4.78, 5) is 0. The maximum Gasteiger partial charge on any atom is 0.298 e. The van der Waals surface area contributed by atoms with Crippen LogP contribution < -0.4 is 0 Å². The molecule has 0 aliphatic carbocycles. The first kappa shape index (κ1) is 14.5. The summed E-state index contributed by atoms with van der Waals surface area (Å²) in [6.45, 7) is 1.89. The molecule has 0 saturated carbocycles. The van der Waals surface area contributed by atoms with Crippen molar-refractivity contribution in [2.24, 2.45) is 0 Å². The molecule has 0 fully saturated rings. The van der Waals surface area contributed by atoms with E-state index in [0.29, 0.717) is 0 Å². The first-order valence-corrected chi connectivity index (χ1v) is 7.18. The number of alkyl halides is 2. The monoisotopic (exact) mass is 294 g/mol. The minimum atomic E-state index is -2.98. The highest BCUT2D eigenvalue weighted by Crippen LogP contribution is 2.36. The minimum absolute atomic E-state index is 0.0102. The van der Waals surface area contributed by atoms with E-state index in [1.165, 1.54) is 24.3 Å². The van der Waals surface area contributed by atoms with E-state index >= 15 is 0 Å². The van der Waals surface area contributed by atoms with Crippen molar-refractivity contribution in [2.75, 3.05) is 0 Å². The molecule has 0 atom stereocenters. The number of hydrogen-bond donors (Lipinski definition) is 0. The summed E-state index contributed by atoms with van der Waals surface area (Å²) in [7, 11) is 0. The number of halogens is 2. The third-order valence-electron chi connectivity index (χ3n) is 3.77. The van der Waals surface area contributed by atoms with Crippen LogP contribution in [0, 0.1) is 6.92 Å². The summed E-state index contributed by atoms with van der Waals surface area (Å²) in [5, 5.41) is 0. The molecule has 3 aromatic rings. The standard InChI is InChI=1S/C20H16F2/c1-15-7-11-18(12-8-15)20(21,22)19-13-9-17(10-14-19)16-5-3-2-4-6-16/h2-14H,1H3. The zero-order valence-corrected chi connectivity index (χ0v) is 12.3. The summed E-state index contributed by atoms with van der Waals surface area (Å²) in [6.07, 6.45) is 0. The number of hydrogen-bond acceptors (Lipinski definition) is 0. The number of aryl methyl sites for hydroxylation is 1. The highest BCUT2D eigenvalue weighted by molar-refractivity contribution is 5.63. The molecule has 3 rings (SSSR count). The Balaban J connectivity index is 1.93. The van der Waals surface area contributed by atoms with Crippen molar-refractivity contribution in [1.82, 2.24) is 0 Å².